The SMILES string of the molecule is CC1(C)[C@@H]2CC[C@@]1(C)[C@@H](NCc1ccc(CNc3cccc4c3C(=O)N(C3CCC(=O)NC3=O)C4=O)cc1)C2. The van der Waals surface area contributed by atoms with Crippen molar-refractivity contribution in [3.8, 4) is 0 Å². The van der Waals surface area contributed by atoms with Crippen LogP contribution in [0.3, 0.4) is 0 Å². The van der Waals surface area contributed by atoms with Crippen LogP contribution < -0.4 is 16.0 Å². The number of fused-ring (bicyclic) bond motifs is 3. The second-order valence-corrected chi connectivity index (χ2v) is 12.4. The second kappa shape index (κ2) is 9.30. The van der Waals surface area contributed by atoms with Crippen molar-refractivity contribution < 1.29 is 19.2 Å². The number of hydrogen-bond acceptors (Lipinski definition) is 6. The molecule has 2 heterocycles. The highest BCUT2D eigenvalue weighted by Crippen LogP contribution is 2.65. The first-order valence-electron chi connectivity index (χ1n) is 14.0. The molecule has 3 N–H and O–H groups in total. The van der Waals surface area contributed by atoms with E-state index in [0.717, 1.165) is 22.9 Å². The molecular formula is C31H36N4O4. The van der Waals surface area contributed by atoms with Gasteiger partial charge in [-0.05, 0) is 65.7 Å². The zero-order valence-corrected chi connectivity index (χ0v) is 22.8. The van der Waals surface area contributed by atoms with Crippen molar-refractivity contribution in [3.63, 3.8) is 0 Å². The first-order valence-corrected chi connectivity index (χ1v) is 14.0. The van der Waals surface area contributed by atoms with Gasteiger partial charge in [-0.1, -0.05) is 51.1 Å². The first-order chi connectivity index (χ1) is 18.6. The summed E-state index contributed by atoms with van der Waals surface area (Å²) in [5, 5.41) is 9.39. The summed E-state index contributed by atoms with van der Waals surface area (Å²) < 4.78 is 0. The van der Waals surface area contributed by atoms with E-state index in [0.29, 0.717) is 29.1 Å². The number of nitrogens with zero attached hydrogens (tertiary/aromatic N) is 1. The molecule has 4 atom stereocenters. The Kier molecular flexibility index (Phi) is 6.14. The number of nitrogens with one attached hydrogen (secondary N) is 3. The number of amides is 4. The fourth-order valence-corrected chi connectivity index (χ4v) is 7.39. The third kappa shape index (κ3) is 4.07. The molecule has 2 aromatic carbocycles. The Morgan fingerprint density at radius 3 is 2.28 bits per heavy atom. The molecule has 1 saturated heterocycles. The van der Waals surface area contributed by atoms with Crippen molar-refractivity contribution in [1.82, 2.24) is 15.5 Å². The number of carbonyl (C=O) groups excluding carboxylic acids is 4. The van der Waals surface area contributed by atoms with Gasteiger partial charge in [0.25, 0.3) is 11.8 Å². The molecule has 1 unspecified atom stereocenters. The van der Waals surface area contributed by atoms with Crippen molar-refractivity contribution in [3.05, 3.63) is 64.7 Å². The van der Waals surface area contributed by atoms with Crippen molar-refractivity contribution in [2.24, 2.45) is 16.7 Å². The predicted octanol–water partition coefficient (Wildman–Crippen LogP) is 4.00. The fourth-order valence-electron chi connectivity index (χ4n) is 7.39. The highest BCUT2D eigenvalue weighted by molar-refractivity contribution is 6.25. The molecule has 0 aromatic heterocycles. The Balaban J connectivity index is 1.09. The molecule has 2 aliphatic heterocycles. The van der Waals surface area contributed by atoms with E-state index in [1.54, 1.807) is 18.2 Å². The minimum Gasteiger partial charge on any atom is -0.380 e. The summed E-state index contributed by atoms with van der Waals surface area (Å²) in [4.78, 5) is 51.2. The third-order valence-corrected chi connectivity index (χ3v) is 10.3. The maximum absolute atomic E-state index is 13.3. The van der Waals surface area contributed by atoms with E-state index in [2.05, 4.69) is 61.0 Å². The van der Waals surface area contributed by atoms with E-state index in [1.807, 2.05) is 0 Å². The number of carbonyl (C=O) groups is 4. The van der Waals surface area contributed by atoms with Gasteiger partial charge < -0.3 is 10.6 Å². The summed E-state index contributed by atoms with van der Waals surface area (Å²) in [5.74, 6) is -1.20. The van der Waals surface area contributed by atoms with Crippen LogP contribution in [0.5, 0.6) is 0 Å². The van der Waals surface area contributed by atoms with Gasteiger partial charge in [-0.15, -0.1) is 0 Å². The molecule has 39 heavy (non-hydrogen) atoms. The van der Waals surface area contributed by atoms with Gasteiger partial charge in [0, 0.05) is 31.2 Å². The molecule has 0 spiro atoms. The summed E-state index contributed by atoms with van der Waals surface area (Å²) in [5.41, 5.74) is 4.14. The van der Waals surface area contributed by atoms with E-state index in [-0.39, 0.29) is 29.9 Å². The molecule has 204 valence electrons. The topological polar surface area (TPSA) is 108 Å². The Morgan fingerprint density at radius 2 is 1.64 bits per heavy atom. The van der Waals surface area contributed by atoms with E-state index in [4.69, 9.17) is 0 Å². The summed E-state index contributed by atoms with van der Waals surface area (Å²) in [6.07, 6.45) is 4.14. The molecule has 2 saturated carbocycles. The zero-order valence-electron chi connectivity index (χ0n) is 22.8. The van der Waals surface area contributed by atoms with Crippen LogP contribution >= 0.6 is 0 Å². The van der Waals surface area contributed by atoms with Crippen LogP contribution in [0.1, 0.15) is 84.7 Å². The van der Waals surface area contributed by atoms with Crippen LogP contribution in [0.2, 0.25) is 0 Å². The summed E-state index contributed by atoms with van der Waals surface area (Å²) in [6.45, 7) is 8.66. The largest absolute Gasteiger partial charge is 0.380 e. The molecule has 8 nitrogen and oxygen atoms in total. The molecule has 2 aromatic rings. The summed E-state index contributed by atoms with van der Waals surface area (Å²) in [6, 6.07) is 13.1. The normalized spacial score (nSPS) is 29.1. The van der Waals surface area contributed by atoms with E-state index >= 15 is 0 Å². The molecule has 4 aliphatic rings. The van der Waals surface area contributed by atoms with Gasteiger partial charge >= 0.3 is 0 Å². The second-order valence-electron chi connectivity index (χ2n) is 12.4. The molecule has 8 heteroatoms. The van der Waals surface area contributed by atoms with Gasteiger partial charge in [-0.3, -0.25) is 29.4 Å². The zero-order chi connectivity index (χ0) is 27.5. The average Bonchev–Trinajstić information content (AvgIpc) is 3.38. The van der Waals surface area contributed by atoms with Gasteiger partial charge in [-0.25, -0.2) is 0 Å². The lowest BCUT2D eigenvalue weighted by atomic mass is 9.69. The molecule has 4 amide bonds. The van der Waals surface area contributed by atoms with Crippen molar-refractivity contribution in [2.75, 3.05) is 5.32 Å². The minimum atomic E-state index is -0.975. The van der Waals surface area contributed by atoms with Gasteiger partial charge in [-0.2, -0.15) is 0 Å². The quantitative estimate of drug-likeness (QED) is 0.469. The molecular weight excluding hydrogens is 492 g/mol. The summed E-state index contributed by atoms with van der Waals surface area (Å²) >= 11 is 0. The van der Waals surface area contributed by atoms with Crippen molar-refractivity contribution in [2.45, 2.75) is 78.0 Å². The number of benzene rings is 2. The Hall–Kier alpha value is -3.52. The number of anilines is 1. The molecule has 3 fully saturated rings. The van der Waals surface area contributed by atoms with Crippen LogP contribution in [0, 0.1) is 16.7 Å². The number of rotatable bonds is 7. The van der Waals surface area contributed by atoms with Gasteiger partial charge in [0.05, 0.1) is 11.1 Å². The van der Waals surface area contributed by atoms with Crippen molar-refractivity contribution >= 4 is 29.3 Å². The van der Waals surface area contributed by atoms with Gasteiger partial charge in [0.2, 0.25) is 11.8 Å². The number of hydrogen-bond donors (Lipinski definition) is 3. The Labute approximate surface area is 228 Å². The van der Waals surface area contributed by atoms with Crippen LogP contribution in [0.15, 0.2) is 42.5 Å². The van der Waals surface area contributed by atoms with Crippen LogP contribution in [-0.4, -0.2) is 40.6 Å². The standard InChI is InChI=1S/C31H36N4O4/c1-30(2)20-13-14-31(30,3)24(15-20)33-17-19-9-7-18(8-10-19)16-32-22-6-4-5-21-26(22)29(39)35(28(21)38)23-11-12-25(36)34-27(23)37/h4-10,20,23-24,32-33H,11-17H2,1-3H3,(H,34,36,37)/t20-,23?,24+,31+/m1/s1. The summed E-state index contributed by atoms with van der Waals surface area (Å²) in [7, 11) is 0. The smallest absolute Gasteiger partial charge is 0.264 e. The molecule has 2 aliphatic carbocycles. The highest BCUT2D eigenvalue weighted by atomic mass is 16.2. The van der Waals surface area contributed by atoms with Crippen molar-refractivity contribution in [1.29, 1.82) is 0 Å². The number of piperidine rings is 1. The highest BCUT2D eigenvalue weighted by Gasteiger charge is 2.61. The van der Waals surface area contributed by atoms with E-state index in [1.165, 1.54) is 24.8 Å². The maximum atomic E-state index is 13.3. The Morgan fingerprint density at radius 1 is 0.923 bits per heavy atom. The lowest BCUT2D eigenvalue weighted by Crippen LogP contribution is -2.54. The lowest BCUT2D eigenvalue weighted by Gasteiger charge is -2.39. The molecule has 0 radical (unpaired) electrons. The maximum Gasteiger partial charge on any atom is 0.264 e. The average molecular weight is 529 g/mol. The van der Waals surface area contributed by atoms with Crippen LogP contribution in [-0.2, 0) is 22.7 Å². The minimum absolute atomic E-state index is 0.0961. The first kappa shape index (κ1) is 25.7. The third-order valence-electron chi connectivity index (χ3n) is 10.3. The van der Waals surface area contributed by atoms with E-state index in [9.17, 15) is 19.2 Å². The van der Waals surface area contributed by atoms with Gasteiger partial charge in [0.15, 0.2) is 0 Å². The Bertz CT molecular complexity index is 1370. The van der Waals surface area contributed by atoms with E-state index < -0.39 is 23.8 Å². The number of imide groups is 2. The predicted molar refractivity (Wildman–Crippen MR) is 147 cm³/mol. The van der Waals surface area contributed by atoms with Gasteiger partial charge in [0.1, 0.15) is 6.04 Å². The fraction of sp³-hybridized carbons (Fsp3) is 0.484. The molecule has 2 bridgehead atoms. The monoisotopic (exact) mass is 528 g/mol. The molecule has 6 rings (SSSR count). The lowest BCUT2D eigenvalue weighted by molar-refractivity contribution is -0.136. The van der Waals surface area contributed by atoms with Crippen LogP contribution in [0.25, 0.3) is 0 Å². The van der Waals surface area contributed by atoms with Crippen LogP contribution in [0.4, 0.5) is 5.69 Å².